The summed E-state index contributed by atoms with van der Waals surface area (Å²) in [6, 6.07) is 18.1. The molecule has 8 heteroatoms. The maximum atomic E-state index is 10.3. The minimum atomic E-state index is -2.06. The first-order valence-corrected chi connectivity index (χ1v) is 10.2. The van der Waals surface area contributed by atoms with Gasteiger partial charge in [0.1, 0.15) is 6.10 Å². The van der Waals surface area contributed by atoms with E-state index in [9.17, 15) is 15.8 Å². The summed E-state index contributed by atoms with van der Waals surface area (Å²) in [5, 5.41) is 39.8. The number of rotatable bonds is 2. The van der Waals surface area contributed by atoms with Crippen LogP contribution in [0.4, 0.5) is 0 Å². The molecule has 2 aromatic rings. The SMILES string of the molecule is Cc1ccc(C23OC(=N)C(C#N)(C2C)C(C#N)(C#N)C(c2ccc(Cl)c(Cl)c2)O3)cc1. The molecule has 0 aliphatic carbocycles. The van der Waals surface area contributed by atoms with Crippen LogP contribution in [0, 0.1) is 63.1 Å². The van der Waals surface area contributed by atoms with Crippen LogP contribution in [0.15, 0.2) is 42.5 Å². The lowest BCUT2D eigenvalue weighted by Gasteiger charge is -2.48. The number of nitriles is 3. The van der Waals surface area contributed by atoms with Crippen LogP contribution in [-0.4, -0.2) is 5.90 Å². The zero-order valence-electron chi connectivity index (χ0n) is 16.6. The fourth-order valence-corrected chi connectivity index (χ4v) is 4.94. The first kappa shape index (κ1) is 21.2. The summed E-state index contributed by atoms with van der Waals surface area (Å²) in [4.78, 5) is 0. The second-order valence-electron chi connectivity index (χ2n) is 7.81. The average Bonchev–Trinajstić information content (AvgIpc) is 2.92. The molecule has 1 N–H and O–H groups in total. The van der Waals surface area contributed by atoms with Crippen LogP contribution in [0.3, 0.4) is 0 Å². The van der Waals surface area contributed by atoms with Gasteiger partial charge < -0.3 is 9.47 Å². The summed E-state index contributed by atoms with van der Waals surface area (Å²) in [7, 11) is 0. The van der Waals surface area contributed by atoms with E-state index in [1.54, 1.807) is 25.1 Å². The van der Waals surface area contributed by atoms with E-state index in [1.165, 1.54) is 12.1 Å². The molecule has 154 valence electrons. The van der Waals surface area contributed by atoms with Crippen molar-refractivity contribution in [3.8, 4) is 18.2 Å². The molecule has 2 aliphatic rings. The van der Waals surface area contributed by atoms with Gasteiger partial charge in [-0.3, -0.25) is 5.41 Å². The normalized spacial score (nSPS) is 30.5. The van der Waals surface area contributed by atoms with Crippen molar-refractivity contribution in [3.05, 3.63) is 69.2 Å². The second kappa shape index (κ2) is 6.98. The van der Waals surface area contributed by atoms with Crippen molar-refractivity contribution < 1.29 is 9.47 Å². The van der Waals surface area contributed by atoms with Gasteiger partial charge >= 0.3 is 0 Å². The van der Waals surface area contributed by atoms with Crippen molar-refractivity contribution in [1.82, 2.24) is 0 Å². The minimum absolute atomic E-state index is 0.213. The van der Waals surface area contributed by atoms with Crippen molar-refractivity contribution in [3.63, 3.8) is 0 Å². The summed E-state index contributed by atoms with van der Waals surface area (Å²) in [5.41, 5.74) is -1.94. The van der Waals surface area contributed by atoms with Crippen LogP contribution in [0.1, 0.15) is 29.7 Å². The van der Waals surface area contributed by atoms with Crippen molar-refractivity contribution in [1.29, 1.82) is 21.2 Å². The van der Waals surface area contributed by atoms with E-state index in [2.05, 4.69) is 6.07 Å². The Kier molecular flexibility index (Phi) is 4.76. The lowest BCUT2D eigenvalue weighted by Crippen LogP contribution is -2.57. The van der Waals surface area contributed by atoms with Crippen LogP contribution in [0.2, 0.25) is 10.0 Å². The third kappa shape index (κ3) is 2.49. The van der Waals surface area contributed by atoms with Gasteiger partial charge in [-0.1, -0.05) is 66.0 Å². The molecule has 2 saturated heterocycles. The summed E-state index contributed by atoms with van der Waals surface area (Å²) in [5.74, 6) is -2.82. The van der Waals surface area contributed by atoms with Gasteiger partial charge in [-0.15, -0.1) is 0 Å². The number of ether oxygens (including phenoxy) is 2. The van der Waals surface area contributed by atoms with Gasteiger partial charge in [0, 0.05) is 5.56 Å². The Hall–Kier alpha value is -3.08. The summed E-state index contributed by atoms with van der Waals surface area (Å²) in [6.45, 7) is 3.59. The Labute approximate surface area is 189 Å². The van der Waals surface area contributed by atoms with Gasteiger partial charge in [0.25, 0.3) is 0 Å². The zero-order valence-corrected chi connectivity index (χ0v) is 18.1. The molecular formula is C23H16Cl2N4O2. The number of hydrogen-bond acceptors (Lipinski definition) is 6. The summed E-state index contributed by atoms with van der Waals surface area (Å²) >= 11 is 12.3. The number of halogens is 2. The molecule has 2 aliphatic heterocycles. The van der Waals surface area contributed by atoms with E-state index in [-0.39, 0.29) is 5.02 Å². The van der Waals surface area contributed by atoms with Gasteiger partial charge in [-0.05, 0) is 24.6 Å². The Morgan fingerprint density at radius 1 is 0.968 bits per heavy atom. The highest BCUT2D eigenvalue weighted by Crippen LogP contribution is 2.69. The molecular weight excluding hydrogens is 435 g/mol. The standard InChI is InChI=1S/C23H16Cl2N4O2/c1-13-3-6-16(7-4-13)23-14(2)22(12-28,20(29)31-23)21(10-26,11-27)19(30-23)15-5-8-17(24)18(25)9-15/h3-9,14,19,29H,1-2H3. The molecule has 0 saturated carbocycles. The van der Waals surface area contributed by atoms with Gasteiger partial charge in [-0.2, -0.15) is 15.8 Å². The highest BCUT2D eigenvalue weighted by molar-refractivity contribution is 6.42. The fraction of sp³-hybridized carbons (Fsp3) is 0.304. The van der Waals surface area contributed by atoms with Gasteiger partial charge in [0.05, 0.1) is 34.2 Å². The van der Waals surface area contributed by atoms with Crippen LogP contribution < -0.4 is 0 Å². The van der Waals surface area contributed by atoms with Crippen LogP contribution in [-0.2, 0) is 15.3 Å². The van der Waals surface area contributed by atoms with Gasteiger partial charge in [0.2, 0.25) is 17.1 Å². The Bertz CT molecular complexity index is 1210. The largest absolute Gasteiger partial charge is 0.443 e. The van der Waals surface area contributed by atoms with E-state index < -0.39 is 34.5 Å². The number of nitrogens with one attached hydrogen (secondary N) is 1. The predicted octanol–water partition coefficient (Wildman–Crippen LogP) is 5.41. The molecule has 0 radical (unpaired) electrons. The summed E-state index contributed by atoms with van der Waals surface area (Å²) < 4.78 is 12.4. The highest BCUT2D eigenvalue weighted by atomic mass is 35.5. The smallest absolute Gasteiger partial charge is 0.244 e. The molecule has 0 aromatic heterocycles. The fourth-order valence-electron chi connectivity index (χ4n) is 4.63. The number of fused-ring (bicyclic) bond motifs is 2. The molecule has 6 nitrogen and oxygen atoms in total. The van der Waals surface area contributed by atoms with Gasteiger partial charge in [-0.25, -0.2) is 0 Å². The average molecular weight is 451 g/mol. The molecule has 2 bridgehead atoms. The number of benzene rings is 2. The molecule has 2 heterocycles. The lowest BCUT2D eigenvalue weighted by molar-refractivity contribution is -0.288. The van der Waals surface area contributed by atoms with Crippen molar-refractivity contribution >= 4 is 29.1 Å². The molecule has 0 amide bonds. The molecule has 2 fully saturated rings. The molecule has 4 rings (SSSR count). The van der Waals surface area contributed by atoms with Gasteiger partial charge in [0.15, 0.2) is 5.41 Å². The third-order valence-corrected chi connectivity index (χ3v) is 7.11. The first-order chi connectivity index (χ1) is 14.7. The maximum Gasteiger partial charge on any atom is 0.244 e. The van der Waals surface area contributed by atoms with E-state index in [1.807, 2.05) is 31.2 Å². The number of hydrogen-bond donors (Lipinski definition) is 1. The molecule has 31 heavy (non-hydrogen) atoms. The zero-order chi connectivity index (χ0) is 22.6. The molecule has 4 atom stereocenters. The van der Waals surface area contributed by atoms with Crippen LogP contribution >= 0.6 is 23.2 Å². The monoisotopic (exact) mass is 450 g/mol. The molecule has 2 aromatic carbocycles. The minimum Gasteiger partial charge on any atom is -0.443 e. The molecule has 0 spiro atoms. The summed E-state index contributed by atoms with van der Waals surface area (Å²) in [6.07, 6.45) is -1.22. The van der Waals surface area contributed by atoms with E-state index in [0.29, 0.717) is 16.1 Å². The Balaban J connectivity index is 2.04. The van der Waals surface area contributed by atoms with Crippen molar-refractivity contribution in [2.45, 2.75) is 25.7 Å². The highest BCUT2D eigenvalue weighted by Gasteiger charge is 2.79. The third-order valence-electron chi connectivity index (χ3n) is 6.37. The predicted molar refractivity (Wildman–Crippen MR) is 113 cm³/mol. The second-order valence-corrected chi connectivity index (χ2v) is 8.62. The van der Waals surface area contributed by atoms with E-state index in [0.717, 1.165) is 5.56 Å². The lowest BCUT2D eigenvalue weighted by atomic mass is 9.53. The van der Waals surface area contributed by atoms with Crippen molar-refractivity contribution in [2.24, 2.45) is 16.7 Å². The Morgan fingerprint density at radius 3 is 2.16 bits per heavy atom. The topological polar surface area (TPSA) is 114 Å². The number of nitrogens with zero attached hydrogens (tertiary/aromatic N) is 3. The van der Waals surface area contributed by atoms with Crippen molar-refractivity contribution in [2.75, 3.05) is 0 Å². The molecule has 4 unspecified atom stereocenters. The Morgan fingerprint density at radius 2 is 1.61 bits per heavy atom. The van der Waals surface area contributed by atoms with E-state index >= 15 is 0 Å². The van der Waals surface area contributed by atoms with Crippen LogP contribution in [0.25, 0.3) is 0 Å². The first-order valence-electron chi connectivity index (χ1n) is 9.44. The number of aryl methyl sites for hydroxylation is 1. The van der Waals surface area contributed by atoms with E-state index in [4.69, 9.17) is 38.1 Å². The maximum absolute atomic E-state index is 10.3. The van der Waals surface area contributed by atoms with Crippen LogP contribution in [0.5, 0.6) is 0 Å². The quantitative estimate of drug-likeness (QED) is 0.656.